The number of thioether (sulfide) groups is 1. The lowest BCUT2D eigenvalue weighted by Crippen LogP contribution is -2.50. The van der Waals surface area contributed by atoms with Gasteiger partial charge in [-0.15, -0.1) is 23.1 Å². The molecule has 6 nitrogen and oxygen atoms in total. The quantitative estimate of drug-likeness (QED) is 0.882. The van der Waals surface area contributed by atoms with E-state index in [-0.39, 0.29) is 11.4 Å². The smallest absolute Gasteiger partial charge is 0.327 e. The SMILES string of the molecule is Cc1nc(CNC(=O)N2C(C(=O)O)CSC2C2CC2)cs1. The minimum absolute atomic E-state index is 0.00303. The van der Waals surface area contributed by atoms with E-state index in [1.54, 1.807) is 11.8 Å². The van der Waals surface area contributed by atoms with Gasteiger partial charge >= 0.3 is 12.0 Å². The lowest BCUT2D eigenvalue weighted by Gasteiger charge is -2.27. The summed E-state index contributed by atoms with van der Waals surface area (Å²) in [4.78, 5) is 29.5. The van der Waals surface area contributed by atoms with Crippen LogP contribution in [-0.4, -0.2) is 44.2 Å². The van der Waals surface area contributed by atoms with Crippen molar-refractivity contribution in [1.82, 2.24) is 15.2 Å². The number of aliphatic carboxylic acids is 1. The minimum Gasteiger partial charge on any atom is -0.480 e. The molecule has 0 aromatic carbocycles. The van der Waals surface area contributed by atoms with Gasteiger partial charge in [-0.3, -0.25) is 4.90 Å². The largest absolute Gasteiger partial charge is 0.480 e. The van der Waals surface area contributed by atoms with Gasteiger partial charge in [-0.05, 0) is 25.7 Å². The molecule has 2 atom stereocenters. The molecule has 0 bridgehead atoms. The number of thiazole rings is 1. The van der Waals surface area contributed by atoms with Crippen molar-refractivity contribution in [2.75, 3.05) is 5.75 Å². The van der Waals surface area contributed by atoms with Gasteiger partial charge in [0.2, 0.25) is 0 Å². The molecule has 21 heavy (non-hydrogen) atoms. The van der Waals surface area contributed by atoms with E-state index in [9.17, 15) is 14.7 Å². The van der Waals surface area contributed by atoms with Gasteiger partial charge < -0.3 is 10.4 Å². The van der Waals surface area contributed by atoms with Crippen LogP contribution < -0.4 is 5.32 Å². The Kier molecular flexibility index (Phi) is 4.08. The highest BCUT2D eigenvalue weighted by Gasteiger charge is 2.48. The van der Waals surface area contributed by atoms with E-state index in [0.29, 0.717) is 18.2 Å². The van der Waals surface area contributed by atoms with Gasteiger partial charge in [-0.2, -0.15) is 0 Å². The Morgan fingerprint density at radius 2 is 2.29 bits per heavy atom. The minimum atomic E-state index is -0.926. The van der Waals surface area contributed by atoms with Gasteiger partial charge in [-0.25, -0.2) is 14.6 Å². The summed E-state index contributed by atoms with van der Waals surface area (Å²) in [5, 5.41) is 15.0. The van der Waals surface area contributed by atoms with Crippen LogP contribution >= 0.6 is 23.1 Å². The predicted molar refractivity (Wildman–Crippen MR) is 81.3 cm³/mol. The second-order valence-electron chi connectivity index (χ2n) is 5.34. The molecule has 2 N–H and O–H groups in total. The average molecular weight is 327 g/mol. The first-order valence-electron chi connectivity index (χ1n) is 6.88. The summed E-state index contributed by atoms with van der Waals surface area (Å²) >= 11 is 3.12. The molecule has 1 aliphatic carbocycles. The van der Waals surface area contributed by atoms with Crippen molar-refractivity contribution in [3.05, 3.63) is 16.1 Å². The predicted octanol–water partition coefficient (Wildman–Crippen LogP) is 1.90. The Bertz CT molecular complexity index is 559. The van der Waals surface area contributed by atoms with Gasteiger partial charge in [0.25, 0.3) is 0 Å². The molecular formula is C13H17N3O3S2. The second kappa shape index (κ2) is 5.84. The highest BCUT2D eigenvalue weighted by molar-refractivity contribution is 8.00. The summed E-state index contributed by atoms with van der Waals surface area (Å²) in [6.07, 6.45) is 2.16. The molecule has 2 fully saturated rings. The molecule has 1 aromatic heterocycles. The van der Waals surface area contributed by atoms with Gasteiger partial charge in [0.15, 0.2) is 0 Å². The summed E-state index contributed by atoms with van der Waals surface area (Å²) in [6.45, 7) is 2.25. The number of aryl methyl sites for hydroxylation is 1. The standard InChI is InChI=1S/C13H17N3O3S2/c1-7-15-9(5-20-7)4-14-13(19)16-10(12(17)18)6-21-11(16)8-2-3-8/h5,8,10-11H,2-4,6H2,1H3,(H,14,19)(H,17,18). The first kappa shape index (κ1) is 14.6. The zero-order chi connectivity index (χ0) is 15.0. The molecule has 2 amide bonds. The first-order valence-corrected chi connectivity index (χ1v) is 8.80. The van der Waals surface area contributed by atoms with Crippen molar-refractivity contribution in [3.63, 3.8) is 0 Å². The van der Waals surface area contributed by atoms with Gasteiger partial charge in [0.1, 0.15) is 6.04 Å². The molecule has 1 aliphatic heterocycles. The van der Waals surface area contributed by atoms with E-state index in [1.807, 2.05) is 12.3 Å². The fourth-order valence-corrected chi connectivity index (χ4v) is 4.71. The first-order chi connectivity index (χ1) is 10.1. The van der Waals surface area contributed by atoms with E-state index in [4.69, 9.17) is 0 Å². The van der Waals surface area contributed by atoms with Crippen molar-refractivity contribution >= 4 is 35.1 Å². The van der Waals surface area contributed by atoms with Crippen LogP contribution in [-0.2, 0) is 11.3 Å². The number of carboxylic acid groups (broad SMARTS) is 1. The number of amides is 2. The fourth-order valence-electron chi connectivity index (χ4n) is 2.47. The van der Waals surface area contributed by atoms with Crippen LogP contribution in [0.2, 0.25) is 0 Å². The van der Waals surface area contributed by atoms with Gasteiger partial charge in [-0.1, -0.05) is 0 Å². The third-order valence-corrected chi connectivity index (χ3v) is 5.95. The van der Waals surface area contributed by atoms with Crippen molar-refractivity contribution < 1.29 is 14.7 Å². The Labute approximate surface area is 130 Å². The van der Waals surface area contributed by atoms with Crippen LogP contribution in [0, 0.1) is 12.8 Å². The molecule has 8 heteroatoms. The third-order valence-electron chi connectivity index (χ3n) is 3.67. The molecule has 2 heterocycles. The number of hydrogen-bond acceptors (Lipinski definition) is 5. The number of rotatable bonds is 4. The maximum absolute atomic E-state index is 12.4. The average Bonchev–Trinajstić information content (AvgIpc) is 3.04. The van der Waals surface area contributed by atoms with Crippen LogP contribution in [0.3, 0.4) is 0 Å². The molecule has 0 radical (unpaired) electrons. The number of hydrogen-bond donors (Lipinski definition) is 2. The summed E-state index contributed by atoms with van der Waals surface area (Å²) in [5.74, 6) is -0.00312. The topological polar surface area (TPSA) is 82.5 Å². The highest BCUT2D eigenvalue weighted by atomic mass is 32.2. The Morgan fingerprint density at radius 3 is 2.86 bits per heavy atom. The summed E-state index contributed by atoms with van der Waals surface area (Å²) < 4.78 is 0. The van der Waals surface area contributed by atoms with E-state index in [1.165, 1.54) is 16.2 Å². The molecule has 114 valence electrons. The third kappa shape index (κ3) is 3.16. The van der Waals surface area contributed by atoms with Crippen LogP contribution in [0.1, 0.15) is 23.5 Å². The Morgan fingerprint density at radius 1 is 1.52 bits per heavy atom. The number of urea groups is 1. The van der Waals surface area contributed by atoms with Crippen LogP contribution in [0.15, 0.2) is 5.38 Å². The maximum Gasteiger partial charge on any atom is 0.327 e. The normalized spacial score (nSPS) is 25.1. The second-order valence-corrected chi connectivity index (χ2v) is 7.55. The van der Waals surface area contributed by atoms with Crippen LogP contribution in [0.25, 0.3) is 0 Å². The molecular weight excluding hydrogens is 310 g/mol. The fraction of sp³-hybridized carbons (Fsp3) is 0.615. The van der Waals surface area contributed by atoms with Gasteiger partial charge in [0, 0.05) is 11.1 Å². The summed E-state index contributed by atoms with van der Waals surface area (Å²) in [5.41, 5.74) is 0.813. The number of nitrogens with one attached hydrogen (secondary N) is 1. The molecule has 1 saturated carbocycles. The number of carbonyl (C=O) groups excluding carboxylic acids is 1. The van der Waals surface area contributed by atoms with Crippen molar-refractivity contribution in [2.24, 2.45) is 5.92 Å². The zero-order valence-corrected chi connectivity index (χ0v) is 13.2. The molecule has 2 unspecified atom stereocenters. The van der Waals surface area contributed by atoms with Crippen molar-refractivity contribution in [2.45, 2.75) is 37.7 Å². The van der Waals surface area contributed by atoms with E-state index in [0.717, 1.165) is 23.5 Å². The summed E-state index contributed by atoms with van der Waals surface area (Å²) in [6, 6.07) is -1.02. The van der Waals surface area contributed by atoms with E-state index >= 15 is 0 Å². The molecule has 1 saturated heterocycles. The maximum atomic E-state index is 12.4. The zero-order valence-electron chi connectivity index (χ0n) is 11.6. The lowest BCUT2D eigenvalue weighted by molar-refractivity contribution is -0.141. The van der Waals surface area contributed by atoms with Gasteiger partial charge in [0.05, 0.1) is 22.6 Å². The summed E-state index contributed by atoms with van der Waals surface area (Å²) in [7, 11) is 0. The lowest BCUT2D eigenvalue weighted by atomic mass is 10.2. The monoisotopic (exact) mass is 327 g/mol. The highest BCUT2D eigenvalue weighted by Crippen LogP contribution is 2.45. The van der Waals surface area contributed by atoms with Crippen molar-refractivity contribution in [3.8, 4) is 0 Å². The number of carboxylic acids is 1. The van der Waals surface area contributed by atoms with E-state index in [2.05, 4.69) is 10.3 Å². The molecule has 2 aliphatic rings. The Hall–Kier alpha value is -1.28. The number of nitrogens with zero attached hydrogens (tertiary/aromatic N) is 2. The molecule has 1 aromatic rings. The van der Waals surface area contributed by atoms with Crippen LogP contribution in [0.4, 0.5) is 4.79 Å². The van der Waals surface area contributed by atoms with Crippen LogP contribution in [0.5, 0.6) is 0 Å². The Balaban J connectivity index is 1.66. The number of aromatic nitrogens is 1. The van der Waals surface area contributed by atoms with Crippen molar-refractivity contribution in [1.29, 1.82) is 0 Å². The number of carbonyl (C=O) groups is 2. The molecule has 3 rings (SSSR count). The molecule has 0 spiro atoms. The van der Waals surface area contributed by atoms with E-state index < -0.39 is 12.0 Å².